The zero-order valence-electron chi connectivity index (χ0n) is 27.4. The van der Waals surface area contributed by atoms with Crippen molar-refractivity contribution in [3.05, 3.63) is 141 Å². The van der Waals surface area contributed by atoms with E-state index in [1.165, 1.54) is 16.8 Å². The number of hydrogen-bond acceptors (Lipinski definition) is 7. The average molecular weight is 651 g/mol. The Kier molecular flexibility index (Phi) is 12.1. The van der Waals surface area contributed by atoms with Gasteiger partial charge in [0.2, 0.25) is 0 Å². The van der Waals surface area contributed by atoms with Crippen molar-refractivity contribution in [1.82, 2.24) is 9.78 Å². The van der Waals surface area contributed by atoms with Crippen LogP contribution in [0.2, 0.25) is 0 Å². The predicted molar refractivity (Wildman–Crippen MR) is 185 cm³/mol. The van der Waals surface area contributed by atoms with Crippen LogP contribution in [0.4, 0.5) is 4.39 Å². The van der Waals surface area contributed by atoms with E-state index >= 15 is 0 Å². The van der Waals surface area contributed by atoms with Crippen molar-refractivity contribution >= 4 is 12.2 Å². The van der Waals surface area contributed by atoms with E-state index in [1.54, 1.807) is 44.6 Å². The molecule has 0 aliphatic heterocycles. The first-order valence-corrected chi connectivity index (χ1v) is 15.6. The van der Waals surface area contributed by atoms with Gasteiger partial charge in [0, 0.05) is 31.4 Å². The number of methoxy groups -OCH3 is 2. The molecule has 5 aromatic rings. The van der Waals surface area contributed by atoms with E-state index in [4.69, 9.17) is 28.8 Å². The Hall–Kier alpha value is -5.25. The van der Waals surface area contributed by atoms with Gasteiger partial charge in [-0.15, -0.1) is 0 Å². The summed E-state index contributed by atoms with van der Waals surface area (Å²) in [6.07, 6.45) is 3.45. The van der Waals surface area contributed by atoms with Gasteiger partial charge in [0.1, 0.15) is 42.9 Å². The second-order valence-electron chi connectivity index (χ2n) is 11.0. The Morgan fingerprint density at radius 1 is 0.729 bits per heavy atom. The van der Waals surface area contributed by atoms with E-state index < -0.39 is 0 Å². The maximum absolute atomic E-state index is 14.3. The number of rotatable bonds is 16. The molecule has 0 saturated heterocycles. The van der Waals surface area contributed by atoms with E-state index in [0.29, 0.717) is 72.7 Å². The third-order valence-electron chi connectivity index (χ3n) is 7.44. The topological polar surface area (TPSA) is 81.0 Å². The SMILES string of the molecule is COCCOc1cc(Cn2nc(C)c(-c3ccccc3OCc3ccccc3)c(C=Cc3cccc(F)c3)c2=O)cc(OCCOC)c1. The van der Waals surface area contributed by atoms with Gasteiger partial charge in [-0.1, -0.05) is 66.7 Å². The molecule has 248 valence electrons. The lowest BCUT2D eigenvalue weighted by Crippen LogP contribution is -2.27. The van der Waals surface area contributed by atoms with Gasteiger partial charge in [0.05, 0.1) is 31.0 Å². The molecular formula is C39H39FN2O6. The highest BCUT2D eigenvalue weighted by Gasteiger charge is 2.19. The largest absolute Gasteiger partial charge is 0.491 e. The Balaban J connectivity index is 1.57. The van der Waals surface area contributed by atoms with Gasteiger partial charge < -0.3 is 23.7 Å². The molecule has 4 aromatic carbocycles. The zero-order valence-corrected chi connectivity index (χ0v) is 27.4. The van der Waals surface area contributed by atoms with Crippen molar-refractivity contribution in [2.24, 2.45) is 0 Å². The minimum absolute atomic E-state index is 0.148. The molecule has 0 amide bonds. The Morgan fingerprint density at radius 3 is 2.10 bits per heavy atom. The minimum Gasteiger partial charge on any atom is -0.491 e. The second kappa shape index (κ2) is 17.1. The van der Waals surface area contributed by atoms with Crippen LogP contribution in [0.5, 0.6) is 17.2 Å². The summed E-state index contributed by atoms with van der Waals surface area (Å²) in [5, 5.41) is 4.78. The normalized spacial score (nSPS) is 11.2. The molecule has 0 aliphatic carbocycles. The standard InChI is InChI=1S/C39H39FN2O6/c1-28-38(35-14-7-8-15-37(35)48-27-30-10-5-4-6-11-30)36(17-16-29-12-9-13-32(40)22-29)39(43)42(41-28)26-31-23-33(46-20-18-44-2)25-34(24-31)47-21-19-45-3/h4-17,22-25H,18-21,26-27H2,1-3H3. The first kappa shape index (κ1) is 34.1. The van der Waals surface area contributed by atoms with Crippen molar-refractivity contribution < 1.29 is 28.1 Å². The summed E-state index contributed by atoms with van der Waals surface area (Å²) in [5.74, 6) is 1.40. The van der Waals surface area contributed by atoms with E-state index in [0.717, 1.165) is 16.7 Å². The lowest BCUT2D eigenvalue weighted by molar-refractivity contribution is 0.142. The van der Waals surface area contributed by atoms with Crippen LogP contribution in [0.25, 0.3) is 23.3 Å². The molecule has 0 radical (unpaired) electrons. The molecule has 0 spiro atoms. The fourth-order valence-electron chi connectivity index (χ4n) is 5.19. The Bertz CT molecular complexity index is 1860. The third kappa shape index (κ3) is 9.18. The highest BCUT2D eigenvalue weighted by Crippen LogP contribution is 2.34. The predicted octanol–water partition coefficient (Wildman–Crippen LogP) is 7.21. The molecule has 0 saturated carbocycles. The third-order valence-corrected chi connectivity index (χ3v) is 7.44. The molecule has 5 rings (SSSR count). The number of aromatic nitrogens is 2. The molecule has 48 heavy (non-hydrogen) atoms. The summed E-state index contributed by atoms with van der Waals surface area (Å²) in [4.78, 5) is 14.3. The molecule has 0 atom stereocenters. The highest BCUT2D eigenvalue weighted by atomic mass is 19.1. The fourth-order valence-corrected chi connectivity index (χ4v) is 5.19. The van der Waals surface area contributed by atoms with Crippen molar-refractivity contribution in [2.45, 2.75) is 20.1 Å². The van der Waals surface area contributed by atoms with Gasteiger partial charge in [-0.05, 0) is 60.0 Å². The van der Waals surface area contributed by atoms with E-state index in [9.17, 15) is 9.18 Å². The highest BCUT2D eigenvalue weighted by molar-refractivity contribution is 5.84. The number of halogens is 1. The molecule has 0 N–H and O–H groups in total. The Labute approximate surface area is 279 Å². The van der Waals surface area contributed by atoms with Gasteiger partial charge in [-0.2, -0.15) is 5.10 Å². The van der Waals surface area contributed by atoms with Crippen LogP contribution in [0.15, 0.2) is 102 Å². The van der Waals surface area contributed by atoms with Gasteiger partial charge in [-0.25, -0.2) is 9.07 Å². The number of para-hydroxylation sites is 1. The van der Waals surface area contributed by atoms with Crippen LogP contribution in [-0.2, 0) is 22.6 Å². The maximum Gasteiger partial charge on any atom is 0.274 e. The first-order chi connectivity index (χ1) is 23.4. The van der Waals surface area contributed by atoms with E-state index in [2.05, 4.69) is 0 Å². The van der Waals surface area contributed by atoms with Crippen LogP contribution in [0.1, 0.15) is 27.9 Å². The monoisotopic (exact) mass is 650 g/mol. The van der Waals surface area contributed by atoms with Crippen LogP contribution < -0.4 is 19.8 Å². The number of nitrogens with zero attached hydrogens (tertiary/aromatic N) is 2. The first-order valence-electron chi connectivity index (χ1n) is 15.6. The van der Waals surface area contributed by atoms with Gasteiger partial charge >= 0.3 is 0 Å². The summed E-state index contributed by atoms with van der Waals surface area (Å²) in [6, 6.07) is 29.2. The van der Waals surface area contributed by atoms with E-state index in [-0.39, 0.29) is 17.9 Å². The van der Waals surface area contributed by atoms with Crippen molar-refractivity contribution in [1.29, 1.82) is 0 Å². The number of ether oxygens (including phenoxy) is 5. The Morgan fingerprint density at radius 2 is 1.42 bits per heavy atom. The molecule has 0 unspecified atom stereocenters. The summed E-state index contributed by atoms with van der Waals surface area (Å²) < 4.78 is 43.8. The maximum atomic E-state index is 14.3. The summed E-state index contributed by atoms with van der Waals surface area (Å²) in [6.45, 7) is 3.91. The molecule has 8 nitrogen and oxygen atoms in total. The van der Waals surface area contributed by atoms with Crippen LogP contribution in [0, 0.1) is 12.7 Å². The van der Waals surface area contributed by atoms with Crippen LogP contribution in [-0.4, -0.2) is 50.4 Å². The van der Waals surface area contributed by atoms with E-state index in [1.807, 2.05) is 73.7 Å². The second-order valence-corrected chi connectivity index (χ2v) is 11.0. The molecule has 1 heterocycles. The molecule has 9 heteroatoms. The van der Waals surface area contributed by atoms with Crippen molar-refractivity contribution in [2.75, 3.05) is 40.6 Å². The summed E-state index contributed by atoms with van der Waals surface area (Å²) in [7, 11) is 3.22. The molecule has 0 fully saturated rings. The summed E-state index contributed by atoms with van der Waals surface area (Å²) in [5.41, 5.74) is 4.44. The molecular weight excluding hydrogens is 611 g/mol. The quantitative estimate of drug-likeness (QED) is 0.105. The van der Waals surface area contributed by atoms with Gasteiger partial charge in [-0.3, -0.25) is 4.79 Å². The summed E-state index contributed by atoms with van der Waals surface area (Å²) >= 11 is 0. The van der Waals surface area contributed by atoms with Crippen molar-refractivity contribution in [3.8, 4) is 28.4 Å². The smallest absolute Gasteiger partial charge is 0.274 e. The molecule has 0 aliphatic rings. The number of benzene rings is 4. The van der Waals surface area contributed by atoms with Crippen LogP contribution >= 0.6 is 0 Å². The van der Waals surface area contributed by atoms with Gasteiger partial charge in [0.15, 0.2) is 0 Å². The number of aryl methyl sites for hydroxylation is 1. The van der Waals surface area contributed by atoms with Gasteiger partial charge in [0.25, 0.3) is 5.56 Å². The molecule has 1 aromatic heterocycles. The zero-order chi connectivity index (χ0) is 33.7. The fraction of sp³-hybridized carbons (Fsp3) is 0.231. The average Bonchev–Trinajstić information content (AvgIpc) is 3.09. The van der Waals surface area contributed by atoms with Crippen molar-refractivity contribution in [3.63, 3.8) is 0 Å². The minimum atomic E-state index is -0.364. The lowest BCUT2D eigenvalue weighted by atomic mass is 9.97. The van der Waals surface area contributed by atoms with Crippen LogP contribution in [0.3, 0.4) is 0 Å². The molecule has 0 bridgehead atoms. The lowest BCUT2D eigenvalue weighted by Gasteiger charge is -2.17. The number of hydrogen-bond donors (Lipinski definition) is 0.